The fourth-order valence-electron chi connectivity index (χ4n) is 5.34. The van der Waals surface area contributed by atoms with Crippen LogP contribution < -0.4 is 10.2 Å². The number of hydrogen-bond acceptors (Lipinski definition) is 3. The van der Waals surface area contributed by atoms with E-state index in [0.717, 1.165) is 48.6 Å². The van der Waals surface area contributed by atoms with Crippen LogP contribution in [0, 0.1) is 0 Å². The van der Waals surface area contributed by atoms with Gasteiger partial charge in [0.15, 0.2) is 0 Å². The quantitative estimate of drug-likeness (QED) is 0.321. The van der Waals surface area contributed by atoms with Crippen LogP contribution in [0.15, 0.2) is 79.3 Å². The van der Waals surface area contributed by atoms with E-state index in [1.54, 1.807) is 17.3 Å². The van der Waals surface area contributed by atoms with Crippen molar-refractivity contribution in [3.63, 3.8) is 0 Å². The van der Waals surface area contributed by atoms with Crippen molar-refractivity contribution in [3.05, 3.63) is 95.9 Å². The number of H-pyrrole nitrogens is 1. The molecule has 2 amide bonds. The van der Waals surface area contributed by atoms with E-state index in [-0.39, 0.29) is 24.3 Å². The highest BCUT2D eigenvalue weighted by Crippen LogP contribution is 2.31. The summed E-state index contributed by atoms with van der Waals surface area (Å²) in [6.07, 6.45) is 11.7. The second kappa shape index (κ2) is 11.4. The number of amides is 2. The average molecular weight is 495 g/mol. The number of fused-ring (bicyclic) bond motifs is 1. The van der Waals surface area contributed by atoms with Gasteiger partial charge in [-0.1, -0.05) is 62.6 Å². The minimum Gasteiger partial charge on any atom is -0.361 e. The number of anilines is 1. The zero-order valence-electron chi connectivity index (χ0n) is 21.3. The molecule has 6 heteroatoms. The van der Waals surface area contributed by atoms with E-state index in [2.05, 4.69) is 22.2 Å². The fraction of sp³-hybridized carbons (Fsp3) is 0.323. The normalized spacial score (nSPS) is 14.8. The molecule has 2 aromatic carbocycles. The predicted molar refractivity (Wildman–Crippen MR) is 147 cm³/mol. The molecule has 0 radical (unpaired) electrons. The van der Waals surface area contributed by atoms with Gasteiger partial charge in [-0.15, -0.1) is 0 Å². The lowest BCUT2D eigenvalue weighted by molar-refractivity contribution is -0.127. The van der Waals surface area contributed by atoms with Gasteiger partial charge in [0.2, 0.25) is 11.8 Å². The molecule has 4 aromatic rings. The zero-order valence-corrected chi connectivity index (χ0v) is 21.3. The Morgan fingerprint density at radius 1 is 1.03 bits per heavy atom. The molecule has 6 nitrogen and oxygen atoms in total. The van der Waals surface area contributed by atoms with Crippen molar-refractivity contribution >= 4 is 28.4 Å². The predicted octanol–water partition coefficient (Wildman–Crippen LogP) is 5.89. The lowest BCUT2D eigenvalue weighted by Gasteiger charge is -2.33. The lowest BCUT2D eigenvalue weighted by atomic mass is 9.94. The van der Waals surface area contributed by atoms with Crippen molar-refractivity contribution in [1.29, 1.82) is 0 Å². The van der Waals surface area contributed by atoms with Crippen LogP contribution in [-0.2, 0) is 22.4 Å². The molecule has 0 saturated heterocycles. The van der Waals surface area contributed by atoms with Gasteiger partial charge < -0.3 is 10.3 Å². The Hall–Kier alpha value is -3.93. The van der Waals surface area contributed by atoms with Crippen LogP contribution >= 0.6 is 0 Å². The first-order valence-corrected chi connectivity index (χ1v) is 13.3. The minimum atomic E-state index is -0.819. The summed E-state index contributed by atoms with van der Waals surface area (Å²) in [6.45, 7) is 2.10. The summed E-state index contributed by atoms with van der Waals surface area (Å²) in [5.74, 6) is -0.298. The van der Waals surface area contributed by atoms with E-state index in [9.17, 15) is 9.59 Å². The minimum absolute atomic E-state index is 0.133. The van der Waals surface area contributed by atoms with Gasteiger partial charge in [0.1, 0.15) is 6.04 Å². The van der Waals surface area contributed by atoms with Crippen LogP contribution in [0.4, 0.5) is 5.69 Å². The third-order valence-electron chi connectivity index (χ3n) is 7.37. The van der Waals surface area contributed by atoms with Crippen LogP contribution in [0.2, 0.25) is 0 Å². The van der Waals surface area contributed by atoms with Crippen molar-refractivity contribution in [2.24, 2.45) is 0 Å². The average Bonchev–Trinajstić information content (AvgIpc) is 3.35. The summed E-state index contributed by atoms with van der Waals surface area (Å²) in [5, 5.41) is 4.28. The summed E-state index contributed by atoms with van der Waals surface area (Å²) >= 11 is 0. The Kier molecular flexibility index (Phi) is 7.64. The fourth-order valence-corrected chi connectivity index (χ4v) is 5.34. The number of para-hydroxylation sites is 1. The molecule has 5 rings (SSSR count). The molecular weight excluding hydrogens is 460 g/mol. The second-order valence-corrected chi connectivity index (χ2v) is 9.85. The van der Waals surface area contributed by atoms with E-state index in [0.29, 0.717) is 11.3 Å². The molecule has 1 aliphatic carbocycles. The number of carbonyl (C=O) groups is 2. The SMILES string of the molecule is CCc1ccc(N(C(=O)Cc2c[nH]c3ccccc23)[C@@H](C(=O)NC2CCCCC2)c2cccnc2)cc1. The number of nitrogens with zero attached hydrogens (tertiary/aromatic N) is 2. The molecule has 0 unspecified atom stereocenters. The Labute approximate surface area is 218 Å². The van der Waals surface area contributed by atoms with Gasteiger partial charge in [-0.05, 0) is 54.7 Å². The number of rotatable bonds is 8. The Morgan fingerprint density at radius 2 is 1.81 bits per heavy atom. The lowest BCUT2D eigenvalue weighted by Crippen LogP contribution is -2.47. The van der Waals surface area contributed by atoms with Crippen molar-refractivity contribution in [3.8, 4) is 0 Å². The zero-order chi connectivity index (χ0) is 25.6. The third kappa shape index (κ3) is 5.58. The molecule has 37 heavy (non-hydrogen) atoms. The van der Waals surface area contributed by atoms with Gasteiger partial charge in [0.25, 0.3) is 0 Å². The van der Waals surface area contributed by atoms with E-state index in [1.807, 2.05) is 66.9 Å². The number of pyridine rings is 1. The van der Waals surface area contributed by atoms with Gasteiger partial charge in [-0.25, -0.2) is 0 Å². The highest BCUT2D eigenvalue weighted by atomic mass is 16.2. The van der Waals surface area contributed by atoms with Gasteiger partial charge in [0, 0.05) is 46.8 Å². The summed E-state index contributed by atoms with van der Waals surface area (Å²) in [4.78, 5) is 37.3. The summed E-state index contributed by atoms with van der Waals surface area (Å²) < 4.78 is 0. The number of carbonyl (C=O) groups excluding carboxylic acids is 2. The molecular formula is C31H34N4O2. The summed E-state index contributed by atoms with van der Waals surface area (Å²) in [5.41, 5.74) is 4.48. The summed E-state index contributed by atoms with van der Waals surface area (Å²) in [6, 6.07) is 18.9. The number of hydrogen-bond donors (Lipinski definition) is 2. The molecule has 0 spiro atoms. The van der Waals surface area contributed by atoms with Gasteiger partial charge in [-0.3, -0.25) is 19.5 Å². The topological polar surface area (TPSA) is 78.1 Å². The van der Waals surface area contributed by atoms with E-state index in [4.69, 9.17) is 0 Å². The first-order chi connectivity index (χ1) is 18.1. The molecule has 2 heterocycles. The number of aryl methyl sites for hydroxylation is 1. The molecule has 1 atom stereocenters. The van der Waals surface area contributed by atoms with Crippen LogP contribution in [0.3, 0.4) is 0 Å². The number of benzene rings is 2. The van der Waals surface area contributed by atoms with E-state index >= 15 is 0 Å². The van der Waals surface area contributed by atoms with Crippen molar-refractivity contribution in [2.75, 3.05) is 4.90 Å². The Balaban J connectivity index is 1.54. The largest absolute Gasteiger partial charge is 0.361 e. The van der Waals surface area contributed by atoms with Crippen molar-refractivity contribution in [1.82, 2.24) is 15.3 Å². The highest BCUT2D eigenvalue weighted by molar-refractivity contribution is 6.03. The highest BCUT2D eigenvalue weighted by Gasteiger charge is 2.34. The van der Waals surface area contributed by atoms with Crippen LogP contribution in [-0.4, -0.2) is 27.8 Å². The third-order valence-corrected chi connectivity index (χ3v) is 7.37. The maximum absolute atomic E-state index is 14.1. The maximum Gasteiger partial charge on any atom is 0.248 e. The molecule has 1 fully saturated rings. The molecule has 2 aromatic heterocycles. The maximum atomic E-state index is 14.1. The van der Waals surface area contributed by atoms with E-state index < -0.39 is 6.04 Å². The molecule has 0 aliphatic heterocycles. The van der Waals surface area contributed by atoms with Gasteiger partial charge in [0.05, 0.1) is 6.42 Å². The van der Waals surface area contributed by atoms with Crippen molar-refractivity contribution in [2.45, 2.75) is 64.0 Å². The first-order valence-electron chi connectivity index (χ1n) is 13.3. The van der Waals surface area contributed by atoms with Crippen LogP contribution in [0.1, 0.15) is 61.8 Å². The van der Waals surface area contributed by atoms with E-state index in [1.165, 1.54) is 12.0 Å². The number of nitrogens with one attached hydrogen (secondary N) is 2. The number of aromatic amines is 1. The summed E-state index contributed by atoms with van der Waals surface area (Å²) in [7, 11) is 0. The van der Waals surface area contributed by atoms with Gasteiger partial charge >= 0.3 is 0 Å². The molecule has 0 bridgehead atoms. The molecule has 190 valence electrons. The number of aromatic nitrogens is 2. The van der Waals surface area contributed by atoms with Crippen LogP contribution in [0.5, 0.6) is 0 Å². The van der Waals surface area contributed by atoms with Gasteiger partial charge in [-0.2, -0.15) is 0 Å². The van der Waals surface area contributed by atoms with Crippen molar-refractivity contribution < 1.29 is 9.59 Å². The molecule has 1 aliphatic rings. The Morgan fingerprint density at radius 3 is 2.54 bits per heavy atom. The molecule has 2 N–H and O–H groups in total. The second-order valence-electron chi connectivity index (χ2n) is 9.85. The van der Waals surface area contributed by atoms with Crippen LogP contribution in [0.25, 0.3) is 10.9 Å². The smallest absolute Gasteiger partial charge is 0.248 e. The first kappa shape index (κ1) is 24.8. The molecule has 1 saturated carbocycles. The Bertz CT molecular complexity index is 1340. The standard InChI is InChI=1S/C31H34N4O2/c1-2-22-14-16-26(17-15-22)35(29(36)19-24-21-33-28-13-7-6-12-27(24)28)30(23-9-8-18-32-20-23)31(37)34-25-10-4-3-5-11-25/h6-9,12-18,20-21,25,30,33H,2-5,10-11,19H2,1H3,(H,34,37)/t30-/m1/s1. The monoisotopic (exact) mass is 494 g/mol.